The van der Waals surface area contributed by atoms with Gasteiger partial charge >= 0.3 is 0 Å². The molecule has 0 amide bonds. The van der Waals surface area contributed by atoms with Crippen molar-refractivity contribution in [3.63, 3.8) is 0 Å². The Labute approximate surface area is 86.6 Å². The molecule has 2 heterocycles. The molecule has 0 saturated heterocycles. The maximum atomic E-state index is 5.90. The Morgan fingerprint density at radius 2 is 2.00 bits per heavy atom. The molecule has 76 valence electrons. The molecule has 0 fully saturated rings. The number of rotatable bonds is 0. The third-order valence-corrected chi connectivity index (χ3v) is 2.44. The smallest absolute Gasteiger partial charge is 0.172 e. The third kappa shape index (κ3) is 1.18. The number of aromatic nitrogens is 1. The number of nitrogens with two attached hydrogens (primary N) is 1. The van der Waals surface area contributed by atoms with Crippen molar-refractivity contribution >= 4 is 16.6 Å². The van der Waals surface area contributed by atoms with Gasteiger partial charge in [-0.1, -0.05) is 0 Å². The zero-order valence-corrected chi connectivity index (χ0v) is 8.06. The highest BCUT2D eigenvalue weighted by atomic mass is 16.6. The molecule has 2 aromatic rings. The van der Waals surface area contributed by atoms with E-state index in [9.17, 15) is 0 Å². The number of hydrogen-bond acceptors (Lipinski definition) is 4. The highest BCUT2D eigenvalue weighted by Crippen LogP contribution is 2.39. The van der Waals surface area contributed by atoms with Crippen LogP contribution in [-0.4, -0.2) is 18.2 Å². The van der Waals surface area contributed by atoms with Crippen molar-refractivity contribution in [2.24, 2.45) is 0 Å². The van der Waals surface area contributed by atoms with Gasteiger partial charge in [-0.15, -0.1) is 0 Å². The fourth-order valence-corrected chi connectivity index (χ4v) is 1.77. The van der Waals surface area contributed by atoms with Crippen LogP contribution in [0.1, 0.15) is 0 Å². The summed E-state index contributed by atoms with van der Waals surface area (Å²) in [6, 6.07) is 5.52. The molecule has 0 aliphatic carbocycles. The lowest BCUT2D eigenvalue weighted by Crippen LogP contribution is -2.15. The van der Waals surface area contributed by atoms with Gasteiger partial charge in [0.1, 0.15) is 13.2 Å². The summed E-state index contributed by atoms with van der Waals surface area (Å²) in [7, 11) is 0. The fourth-order valence-electron chi connectivity index (χ4n) is 1.77. The van der Waals surface area contributed by atoms with E-state index < -0.39 is 0 Å². The number of benzene rings is 1. The van der Waals surface area contributed by atoms with Crippen LogP contribution in [0.4, 0.5) is 5.69 Å². The van der Waals surface area contributed by atoms with Crippen molar-refractivity contribution in [1.82, 2.24) is 4.98 Å². The molecule has 0 saturated carbocycles. The number of anilines is 1. The van der Waals surface area contributed by atoms with Crippen molar-refractivity contribution in [2.75, 3.05) is 18.9 Å². The summed E-state index contributed by atoms with van der Waals surface area (Å²) in [6.45, 7) is 1.14. The molecule has 4 heteroatoms. The predicted octanol–water partition coefficient (Wildman–Crippen LogP) is 1.59. The summed E-state index contributed by atoms with van der Waals surface area (Å²) in [4.78, 5) is 4.23. The van der Waals surface area contributed by atoms with Crippen molar-refractivity contribution in [1.29, 1.82) is 0 Å². The lowest BCUT2D eigenvalue weighted by molar-refractivity contribution is 0.174. The molecular weight excluding hydrogens is 192 g/mol. The van der Waals surface area contributed by atoms with E-state index in [1.54, 1.807) is 12.3 Å². The summed E-state index contributed by atoms with van der Waals surface area (Å²) in [5.74, 6) is 1.46. The third-order valence-electron chi connectivity index (χ3n) is 2.44. The van der Waals surface area contributed by atoms with Gasteiger partial charge in [-0.25, -0.2) is 0 Å². The second-order valence-electron chi connectivity index (χ2n) is 3.38. The van der Waals surface area contributed by atoms with Crippen LogP contribution in [0.25, 0.3) is 10.9 Å². The molecule has 0 spiro atoms. The van der Waals surface area contributed by atoms with Crippen LogP contribution in [0.3, 0.4) is 0 Å². The van der Waals surface area contributed by atoms with Crippen LogP contribution < -0.4 is 15.2 Å². The molecule has 0 radical (unpaired) electrons. The normalized spacial score (nSPS) is 14.1. The van der Waals surface area contributed by atoms with Crippen LogP contribution in [0.2, 0.25) is 0 Å². The Balaban J connectivity index is 2.39. The van der Waals surface area contributed by atoms with Gasteiger partial charge in [-0.2, -0.15) is 0 Å². The van der Waals surface area contributed by atoms with Gasteiger partial charge in [0.25, 0.3) is 0 Å². The fraction of sp³-hybridized carbons (Fsp3) is 0.182. The molecule has 1 aliphatic heterocycles. The van der Waals surface area contributed by atoms with Gasteiger partial charge in [0.15, 0.2) is 11.5 Å². The first kappa shape index (κ1) is 8.35. The molecule has 3 rings (SSSR count). The molecule has 1 aromatic carbocycles. The molecule has 0 unspecified atom stereocenters. The van der Waals surface area contributed by atoms with Gasteiger partial charge in [0.05, 0.1) is 10.9 Å². The monoisotopic (exact) mass is 202 g/mol. The second-order valence-corrected chi connectivity index (χ2v) is 3.38. The SMILES string of the molecule is Nc1ccnc2ccc3c(c12)OCCO3. The van der Waals surface area contributed by atoms with E-state index in [1.807, 2.05) is 12.1 Å². The number of hydrogen-bond donors (Lipinski definition) is 1. The Morgan fingerprint density at radius 1 is 1.13 bits per heavy atom. The average Bonchev–Trinajstić information content (AvgIpc) is 2.29. The van der Waals surface area contributed by atoms with Crippen LogP contribution in [-0.2, 0) is 0 Å². The second kappa shape index (κ2) is 3.02. The molecule has 0 bridgehead atoms. The Hall–Kier alpha value is -1.97. The zero-order chi connectivity index (χ0) is 10.3. The summed E-state index contributed by atoms with van der Waals surface area (Å²) in [5, 5.41) is 0.842. The minimum atomic E-state index is 0.556. The van der Waals surface area contributed by atoms with Gasteiger partial charge < -0.3 is 15.2 Å². The summed E-state index contributed by atoms with van der Waals surface area (Å²) >= 11 is 0. The number of nitrogens with zero attached hydrogens (tertiary/aromatic N) is 1. The van der Waals surface area contributed by atoms with E-state index in [2.05, 4.69) is 4.98 Å². The lowest BCUT2D eigenvalue weighted by Gasteiger charge is -2.20. The predicted molar refractivity (Wildman–Crippen MR) is 57.1 cm³/mol. The Kier molecular flexibility index (Phi) is 1.68. The maximum absolute atomic E-state index is 5.90. The molecule has 15 heavy (non-hydrogen) atoms. The summed E-state index contributed by atoms with van der Waals surface area (Å²) in [5.41, 5.74) is 7.41. The first-order valence-electron chi connectivity index (χ1n) is 4.79. The topological polar surface area (TPSA) is 57.4 Å². The molecular formula is C11H10N2O2. The highest BCUT2D eigenvalue weighted by molar-refractivity contribution is 5.97. The first-order chi connectivity index (χ1) is 7.36. The van der Waals surface area contributed by atoms with Gasteiger partial charge in [0, 0.05) is 11.9 Å². The van der Waals surface area contributed by atoms with E-state index in [0.717, 1.165) is 16.7 Å². The van der Waals surface area contributed by atoms with Crippen molar-refractivity contribution < 1.29 is 9.47 Å². The van der Waals surface area contributed by atoms with Crippen molar-refractivity contribution in [3.8, 4) is 11.5 Å². The van der Waals surface area contributed by atoms with Crippen LogP contribution >= 0.6 is 0 Å². The van der Waals surface area contributed by atoms with Crippen molar-refractivity contribution in [2.45, 2.75) is 0 Å². The largest absolute Gasteiger partial charge is 0.486 e. The Morgan fingerprint density at radius 3 is 2.93 bits per heavy atom. The number of fused-ring (bicyclic) bond motifs is 3. The van der Waals surface area contributed by atoms with Gasteiger partial charge in [0.2, 0.25) is 0 Å². The average molecular weight is 202 g/mol. The molecule has 1 aromatic heterocycles. The van der Waals surface area contributed by atoms with Crippen molar-refractivity contribution in [3.05, 3.63) is 24.4 Å². The van der Waals surface area contributed by atoms with E-state index in [4.69, 9.17) is 15.2 Å². The van der Waals surface area contributed by atoms with Crippen LogP contribution in [0.15, 0.2) is 24.4 Å². The molecule has 1 aliphatic rings. The lowest BCUT2D eigenvalue weighted by atomic mass is 10.1. The number of pyridine rings is 1. The van der Waals surface area contributed by atoms with E-state index in [-0.39, 0.29) is 0 Å². The molecule has 2 N–H and O–H groups in total. The van der Waals surface area contributed by atoms with Crippen LogP contribution in [0, 0.1) is 0 Å². The van der Waals surface area contributed by atoms with Gasteiger partial charge in [-0.05, 0) is 18.2 Å². The standard InChI is InChI=1S/C11H10N2O2/c12-7-3-4-13-8-1-2-9-11(10(7)8)15-6-5-14-9/h1-4H,5-6H2,(H2,12,13). The maximum Gasteiger partial charge on any atom is 0.172 e. The van der Waals surface area contributed by atoms with Crippen LogP contribution in [0.5, 0.6) is 11.5 Å². The van der Waals surface area contributed by atoms with E-state index >= 15 is 0 Å². The summed E-state index contributed by atoms with van der Waals surface area (Å²) in [6.07, 6.45) is 1.69. The number of nitrogen functional groups attached to an aromatic ring is 1. The quantitative estimate of drug-likeness (QED) is 0.704. The van der Waals surface area contributed by atoms with Gasteiger partial charge in [-0.3, -0.25) is 4.98 Å². The minimum Gasteiger partial charge on any atom is -0.486 e. The summed E-state index contributed by atoms with van der Waals surface area (Å²) < 4.78 is 11.1. The van der Waals surface area contributed by atoms with E-state index in [0.29, 0.717) is 24.7 Å². The Bertz CT molecular complexity index is 525. The number of ether oxygens (including phenoxy) is 2. The molecule has 4 nitrogen and oxygen atoms in total. The first-order valence-corrected chi connectivity index (χ1v) is 4.79. The van der Waals surface area contributed by atoms with E-state index in [1.165, 1.54) is 0 Å². The highest BCUT2D eigenvalue weighted by Gasteiger charge is 2.16. The minimum absolute atomic E-state index is 0.556. The molecule has 0 atom stereocenters. The zero-order valence-electron chi connectivity index (χ0n) is 8.06.